The second-order valence-electron chi connectivity index (χ2n) is 6.28. The van der Waals surface area contributed by atoms with E-state index in [1.54, 1.807) is 0 Å². The average Bonchev–Trinajstić information content (AvgIpc) is 2.45. The Hall–Kier alpha value is -1.60. The van der Waals surface area contributed by atoms with E-state index >= 15 is 0 Å². The molecule has 2 heterocycles. The van der Waals surface area contributed by atoms with Crippen molar-refractivity contribution in [2.75, 3.05) is 11.9 Å². The smallest absolute Gasteiger partial charge is 0.290 e. The summed E-state index contributed by atoms with van der Waals surface area (Å²) in [4.78, 5) is 3.41. The second-order valence-corrected chi connectivity index (χ2v) is 6.28. The topological polar surface area (TPSA) is 59.2 Å². The zero-order valence-corrected chi connectivity index (χ0v) is 13.6. The lowest BCUT2D eigenvalue weighted by Gasteiger charge is -2.32. The molecule has 0 saturated carbocycles. The van der Waals surface area contributed by atoms with Crippen LogP contribution in [0.5, 0.6) is 0 Å². The number of hydrogen-bond donors (Lipinski definition) is 1. The molecule has 4 nitrogen and oxygen atoms in total. The molecule has 2 rings (SSSR count). The molecule has 1 aliphatic rings. The van der Waals surface area contributed by atoms with Gasteiger partial charge in [0.05, 0.1) is 18.8 Å². The number of unbranched alkanes of at least 4 members (excludes halogenated alkanes) is 1. The van der Waals surface area contributed by atoms with Crippen LogP contribution in [0.3, 0.4) is 0 Å². The number of nitrogens with zero attached hydrogens (tertiary/aromatic N) is 1. The summed E-state index contributed by atoms with van der Waals surface area (Å²) in [6.45, 7) is 9.96. The van der Waals surface area contributed by atoms with Crippen molar-refractivity contribution in [3.63, 3.8) is 0 Å². The molecule has 0 aromatic carbocycles. The maximum Gasteiger partial charge on any atom is 0.290 e. The van der Waals surface area contributed by atoms with Gasteiger partial charge in [0.2, 0.25) is 0 Å². The van der Waals surface area contributed by atoms with E-state index in [9.17, 15) is 5.26 Å². The highest BCUT2D eigenvalue weighted by atomic mass is 16.5. The number of hydrogen-bond acceptors (Lipinski definition) is 3. The summed E-state index contributed by atoms with van der Waals surface area (Å²) in [5, 5.41) is 13.0. The summed E-state index contributed by atoms with van der Waals surface area (Å²) in [5.41, 5.74) is 4.07. The molecular weight excluding hydrogens is 262 g/mol. The van der Waals surface area contributed by atoms with Crippen molar-refractivity contribution in [2.24, 2.45) is 0 Å². The first-order chi connectivity index (χ1) is 10.0. The number of nitrogens with one attached hydrogen (secondary N) is 2. The molecule has 0 bridgehead atoms. The zero-order valence-electron chi connectivity index (χ0n) is 13.6. The lowest BCUT2D eigenvalue weighted by Crippen LogP contribution is -2.36. The fourth-order valence-electron chi connectivity index (χ4n) is 2.83. The number of nitriles is 1. The molecule has 0 fully saturated rings. The van der Waals surface area contributed by atoms with Gasteiger partial charge >= 0.3 is 0 Å². The fourth-order valence-corrected chi connectivity index (χ4v) is 2.83. The Bertz CT molecular complexity index is 558. The van der Waals surface area contributed by atoms with Crippen molar-refractivity contribution in [1.29, 1.82) is 5.26 Å². The molecule has 1 aromatic rings. The van der Waals surface area contributed by atoms with E-state index in [1.807, 2.05) is 0 Å². The summed E-state index contributed by atoms with van der Waals surface area (Å²) in [5.74, 6) is 0.874. The average molecular weight is 288 g/mol. The van der Waals surface area contributed by atoms with Crippen molar-refractivity contribution >= 4 is 5.82 Å². The van der Waals surface area contributed by atoms with Gasteiger partial charge < -0.3 is 4.74 Å². The SMILES string of the molecule is CCCCNc1[nH+]c(CC)c2c(c1C#N)CC(C)(C)OC2. The predicted octanol–water partition coefficient (Wildman–Crippen LogP) is 3.00. The molecule has 0 amide bonds. The highest BCUT2D eigenvalue weighted by molar-refractivity contribution is 5.56. The van der Waals surface area contributed by atoms with Crippen LogP contribution in [0.25, 0.3) is 0 Å². The molecule has 114 valence electrons. The van der Waals surface area contributed by atoms with E-state index in [0.717, 1.165) is 49.2 Å². The highest BCUT2D eigenvalue weighted by Gasteiger charge is 2.33. The molecule has 0 spiro atoms. The van der Waals surface area contributed by atoms with Gasteiger partial charge in [-0.05, 0) is 25.8 Å². The van der Waals surface area contributed by atoms with Gasteiger partial charge in [0.15, 0.2) is 0 Å². The zero-order chi connectivity index (χ0) is 15.5. The lowest BCUT2D eigenvalue weighted by atomic mass is 9.87. The summed E-state index contributed by atoms with van der Waals surface area (Å²) >= 11 is 0. The monoisotopic (exact) mass is 288 g/mol. The number of aryl methyl sites for hydroxylation is 1. The molecule has 21 heavy (non-hydrogen) atoms. The van der Waals surface area contributed by atoms with E-state index in [4.69, 9.17) is 4.74 Å². The van der Waals surface area contributed by atoms with Crippen LogP contribution in [0.1, 0.15) is 62.9 Å². The molecule has 0 atom stereocenters. The number of aromatic nitrogens is 1. The van der Waals surface area contributed by atoms with Crippen LogP contribution in [0.2, 0.25) is 0 Å². The number of pyridine rings is 1. The maximum atomic E-state index is 9.61. The third-order valence-electron chi connectivity index (χ3n) is 4.06. The first kappa shape index (κ1) is 15.8. The number of anilines is 1. The molecule has 0 radical (unpaired) electrons. The minimum absolute atomic E-state index is 0.203. The number of H-pyrrole nitrogens is 1. The minimum atomic E-state index is -0.203. The van der Waals surface area contributed by atoms with Crippen LogP contribution in [0.4, 0.5) is 5.82 Å². The summed E-state index contributed by atoms with van der Waals surface area (Å²) in [7, 11) is 0. The van der Waals surface area contributed by atoms with Crippen molar-refractivity contribution in [1.82, 2.24) is 0 Å². The van der Waals surface area contributed by atoms with Crippen LogP contribution in [0, 0.1) is 11.3 Å². The van der Waals surface area contributed by atoms with E-state index in [2.05, 4.69) is 44.1 Å². The maximum absolute atomic E-state index is 9.61. The fraction of sp³-hybridized carbons (Fsp3) is 0.647. The third-order valence-corrected chi connectivity index (χ3v) is 4.06. The Balaban J connectivity index is 2.46. The minimum Gasteiger partial charge on any atom is -0.370 e. The van der Waals surface area contributed by atoms with Gasteiger partial charge in [0.1, 0.15) is 17.3 Å². The Morgan fingerprint density at radius 2 is 2.10 bits per heavy atom. The Morgan fingerprint density at radius 1 is 1.33 bits per heavy atom. The van der Waals surface area contributed by atoms with Crippen molar-refractivity contribution in [2.45, 2.75) is 65.6 Å². The van der Waals surface area contributed by atoms with Crippen LogP contribution >= 0.6 is 0 Å². The first-order valence-corrected chi connectivity index (χ1v) is 7.90. The number of fused-ring (bicyclic) bond motifs is 1. The Kier molecular flexibility index (Phi) is 4.84. The van der Waals surface area contributed by atoms with Crippen LogP contribution in [-0.4, -0.2) is 12.1 Å². The molecule has 0 saturated heterocycles. The first-order valence-electron chi connectivity index (χ1n) is 7.90. The summed E-state index contributed by atoms with van der Waals surface area (Å²) in [6, 6.07) is 2.39. The molecular formula is C17H26N3O+. The predicted molar refractivity (Wildman–Crippen MR) is 83.1 cm³/mol. The van der Waals surface area contributed by atoms with Gasteiger partial charge in [-0.3, -0.25) is 5.32 Å². The molecule has 0 unspecified atom stereocenters. The standard InChI is InChI=1S/C17H25N3O/c1-5-7-8-19-16-13(10-18)12-9-17(3,4)21-11-14(12)15(6-2)20-16/h5-9,11H2,1-4H3,(H,19,20)/p+1. The number of aromatic amines is 1. The quantitative estimate of drug-likeness (QED) is 0.847. The Morgan fingerprint density at radius 3 is 2.71 bits per heavy atom. The molecule has 1 aliphatic heterocycles. The van der Waals surface area contributed by atoms with Crippen LogP contribution < -0.4 is 10.3 Å². The Labute approximate surface area is 127 Å². The van der Waals surface area contributed by atoms with Gasteiger partial charge in [-0.15, -0.1) is 0 Å². The summed E-state index contributed by atoms with van der Waals surface area (Å²) < 4.78 is 5.92. The summed E-state index contributed by atoms with van der Waals surface area (Å²) in [6.07, 6.45) is 3.95. The molecule has 4 heteroatoms. The molecule has 2 N–H and O–H groups in total. The van der Waals surface area contributed by atoms with Gasteiger partial charge in [-0.25, -0.2) is 4.98 Å². The van der Waals surface area contributed by atoms with Gasteiger partial charge in [-0.2, -0.15) is 5.26 Å². The van der Waals surface area contributed by atoms with Crippen LogP contribution in [-0.2, 0) is 24.2 Å². The van der Waals surface area contributed by atoms with E-state index in [1.165, 1.54) is 11.3 Å². The second kappa shape index (κ2) is 6.44. The van der Waals surface area contributed by atoms with E-state index < -0.39 is 0 Å². The van der Waals surface area contributed by atoms with Gasteiger partial charge in [0.25, 0.3) is 5.82 Å². The number of rotatable bonds is 5. The largest absolute Gasteiger partial charge is 0.370 e. The van der Waals surface area contributed by atoms with E-state index in [-0.39, 0.29) is 5.60 Å². The van der Waals surface area contributed by atoms with Crippen molar-refractivity contribution < 1.29 is 9.72 Å². The van der Waals surface area contributed by atoms with Gasteiger partial charge in [0, 0.05) is 18.4 Å². The molecule has 1 aromatic heterocycles. The van der Waals surface area contributed by atoms with Crippen molar-refractivity contribution in [3.05, 3.63) is 22.4 Å². The molecule has 0 aliphatic carbocycles. The van der Waals surface area contributed by atoms with E-state index in [0.29, 0.717) is 6.61 Å². The lowest BCUT2D eigenvalue weighted by molar-refractivity contribution is -0.375. The third kappa shape index (κ3) is 3.36. The number of ether oxygens (including phenoxy) is 1. The van der Waals surface area contributed by atoms with Crippen LogP contribution in [0.15, 0.2) is 0 Å². The highest BCUT2D eigenvalue weighted by Crippen LogP contribution is 2.32. The van der Waals surface area contributed by atoms with Gasteiger partial charge in [-0.1, -0.05) is 20.3 Å². The van der Waals surface area contributed by atoms with Crippen molar-refractivity contribution in [3.8, 4) is 6.07 Å². The normalized spacial score (nSPS) is 16.1.